The molecule has 68 valence electrons. The second-order valence-corrected chi connectivity index (χ2v) is 5.14. The standard InChI is InChI=1S/C5H6ClNO3S2/c1-12(8,9)10-2-4-3-11-5(6)7-4/h3H,2H2,1H3. The lowest BCUT2D eigenvalue weighted by Gasteiger charge is -1.95. The second kappa shape index (κ2) is 3.69. The molecule has 0 saturated carbocycles. The SMILES string of the molecule is CS(=O)(=O)OCc1csc(Cl)n1. The summed E-state index contributed by atoms with van der Waals surface area (Å²) in [5.74, 6) is 0. The maximum Gasteiger partial charge on any atom is 0.264 e. The van der Waals surface area contributed by atoms with Crippen LogP contribution in [-0.4, -0.2) is 19.7 Å². The molecule has 0 aliphatic heterocycles. The van der Waals surface area contributed by atoms with Crippen molar-refractivity contribution in [3.63, 3.8) is 0 Å². The highest BCUT2D eigenvalue weighted by molar-refractivity contribution is 7.85. The number of hydrogen-bond acceptors (Lipinski definition) is 5. The van der Waals surface area contributed by atoms with Gasteiger partial charge in [0.05, 0.1) is 11.9 Å². The van der Waals surface area contributed by atoms with Crippen molar-refractivity contribution in [3.05, 3.63) is 15.5 Å². The number of nitrogens with zero attached hydrogens (tertiary/aromatic N) is 1. The smallest absolute Gasteiger partial charge is 0.264 e. The van der Waals surface area contributed by atoms with Crippen molar-refractivity contribution in [2.75, 3.05) is 6.26 Å². The van der Waals surface area contributed by atoms with Gasteiger partial charge in [0.2, 0.25) is 0 Å². The number of halogens is 1. The molecule has 0 atom stereocenters. The summed E-state index contributed by atoms with van der Waals surface area (Å²) in [6, 6.07) is 0. The van der Waals surface area contributed by atoms with Crippen LogP contribution < -0.4 is 0 Å². The average molecular weight is 228 g/mol. The van der Waals surface area contributed by atoms with Crippen molar-refractivity contribution in [1.29, 1.82) is 0 Å². The van der Waals surface area contributed by atoms with E-state index in [1.54, 1.807) is 5.38 Å². The summed E-state index contributed by atoms with van der Waals surface area (Å²) in [6.07, 6.45) is 0.987. The third-order valence-corrected chi connectivity index (χ3v) is 2.52. The van der Waals surface area contributed by atoms with Crippen molar-refractivity contribution in [2.45, 2.75) is 6.61 Å². The Morgan fingerprint density at radius 3 is 2.83 bits per heavy atom. The first-order valence-electron chi connectivity index (χ1n) is 2.92. The molecule has 1 aromatic rings. The Morgan fingerprint density at radius 2 is 2.42 bits per heavy atom. The van der Waals surface area contributed by atoms with E-state index in [9.17, 15) is 8.42 Å². The largest absolute Gasteiger partial charge is 0.264 e. The lowest BCUT2D eigenvalue weighted by Crippen LogP contribution is -2.02. The Morgan fingerprint density at radius 1 is 1.75 bits per heavy atom. The molecule has 0 radical (unpaired) electrons. The number of aromatic nitrogens is 1. The molecule has 0 N–H and O–H groups in total. The Kier molecular flexibility index (Phi) is 3.05. The van der Waals surface area contributed by atoms with Gasteiger partial charge in [0.1, 0.15) is 6.61 Å². The van der Waals surface area contributed by atoms with E-state index < -0.39 is 10.1 Å². The second-order valence-electron chi connectivity index (χ2n) is 2.06. The van der Waals surface area contributed by atoms with Gasteiger partial charge in [0, 0.05) is 5.38 Å². The maximum absolute atomic E-state index is 10.5. The summed E-state index contributed by atoms with van der Waals surface area (Å²) in [4.78, 5) is 3.81. The lowest BCUT2D eigenvalue weighted by atomic mass is 10.5. The fourth-order valence-corrected chi connectivity index (χ4v) is 1.62. The van der Waals surface area contributed by atoms with E-state index in [1.165, 1.54) is 11.3 Å². The monoisotopic (exact) mass is 227 g/mol. The summed E-state index contributed by atoms with van der Waals surface area (Å²) in [5, 5.41) is 1.65. The number of hydrogen-bond donors (Lipinski definition) is 0. The molecule has 0 amide bonds. The van der Waals surface area contributed by atoms with Gasteiger partial charge in [-0.05, 0) is 0 Å². The van der Waals surface area contributed by atoms with Gasteiger partial charge in [0.25, 0.3) is 10.1 Å². The number of thiazole rings is 1. The molecule has 1 heterocycles. The molecule has 0 fully saturated rings. The van der Waals surface area contributed by atoms with E-state index in [-0.39, 0.29) is 6.61 Å². The summed E-state index contributed by atoms with van der Waals surface area (Å²) in [5.41, 5.74) is 0.524. The molecule has 4 nitrogen and oxygen atoms in total. The summed E-state index contributed by atoms with van der Waals surface area (Å²) >= 11 is 6.75. The van der Waals surface area contributed by atoms with Crippen LogP contribution in [-0.2, 0) is 20.9 Å². The van der Waals surface area contributed by atoms with Crippen molar-refractivity contribution in [3.8, 4) is 0 Å². The van der Waals surface area contributed by atoms with E-state index in [0.717, 1.165) is 6.26 Å². The minimum Gasteiger partial charge on any atom is -0.264 e. The van der Waals surface area contributed by atoms with Crippen LogP contribution in [0.1, 0.15) is 5.69 Å². The lowest BCUT2D eigenvalue weighted by molar-refractivity contribution is 0.308. The van der Waals surface area contributed by atoms with E-state index in [4.69, 9.17) is 11.6 Å². The van der Waals surface area contributed by atoms with E-state index in [1.807, 2.05) is 0 Å². The van der Waals surface area contributed by atoms with Gasteiger partial charge in [-0.3, -0.25) is 4.18 Å². The highest BCUT2D eigenvalue weighted by atomic mass is 35.5. The molecule has 7 heteroatoms. The molecular formula is C5H6ClNO3S2. The predicted octanol–water partition coefficient (Wildman–Crippen LogP) is 1.27. The Hall–Kier alpha value is -0.170. The quantitative estimate of drug-likeness (QED) is 0.730. The van der Waals surface area contributed by atoms with Crippen LogP contribution >= 0.6 is 22.9 Å². The molecule has 0 bridgehead atoms. The summed E-state index contributed by atoms with van der Waals surface area (Å²) in [7, 11) is -3.39. The van der Waals surface area contributed by atoms with Gasteiger partial charge in [-0.15, -0.1) is 11.3 Å². The molecule has 0 aliphatic rings. The van der Waals surface area contributed by atoms with E-state index in [2.05, 4.69) is 9.17 Å². The Balaban J connectivity index is 2.55. The molecule has 1 aromatic heterocycles. The van der Waals surface area contributed by atoms with Gasteiger partial charge in [-0.25, -0.2) is 4.98 Å². The highest BCUT2D eigenvalue weighted by Gasteiger charge is 2.04. The first-order valence-corrected chi connectivity index (χ1v) is 5.99. The van der Waals surface area contributed by atoms with Crippen molar-refractivity contribution in [1.82, 2.24) is 4.98 Å². The molecular weight excluding hydrogens is 222 g/mol. The van der Waals surface area contributed by atoms with Crippen LogP contribution in [0.2, 0.25) is 4.47 Å². The van der Waals surface area contributed by atoms with Crippen LogP contribution in [0.4, 0.5) is 0 Å². The first-order chi connectivity index (χ1) is 5.47. The molecule has 0 aliphatic carbocycles. The van der Waals surface area contributed by atoms with E-state index >= 15 is 0 Å². The summed E-state index contributed by atoms with van der Waals surface area (Å²) in [6.45, 7) is -0.0535. The summed E-state index contributed by atoms with van der Waals surface area (Å²) < 4.78 is 25.9. The fourth-order valence-electron chi connectivity index (χ4n) is 0.516. The van der Waals surface area contributed by atoms with Crippen LogP contribution in [0.5, 0.6) is 0 Å². The van der Waals surface area contributed by atoms with Crippen LogP contribution in [0, 0.1) is 0 Å². The molecule has 1 rings (SSSR count). The fraction of sp³-hybridized carbons (Fsp3) is 0.400. The average Bonchev–Trinajstić information content (AvgIpc) is 2.30. The van der Waals surface area contributed by atoms with Crippen molar-refractivity contribution < 1.29 is 12.6 Å². The van der Waals surface area contributed by atoms with Crippen LogP contribution in [0.25, 0.3) is 0 Å². The Labute approximate surface area is 79.3 Å². The van der Waals surface area contributed by atoms with E-state index in [0.29, 0.717) is 10.2 Å². The molecule has 0 aromatic carbocycles. The normalized spacial score (nSPS) is 11.8. The topological polar surface area (TPSA) is 56.3 Å². The van der Waals surface area contributed by atoms with Gasteiger partial charge < -0.3 is 0 Å². The van der Waals surface area contributed by atoms with Crippen molar-refractivity contribution >= 4 is 33.1 Å². The minimum absolute atomic E-state index is 0.0535. The number of rotatable bonds is 3. The third kappa shape index (κ3) is 3.48. The molecule has 0 spiro atoms. The van der Waals surface area contributed by atoms with Crippen molar-refractivity contribution in [2.24, 2.45) is 0 Å². The van der Waals surface area contributed by atoms with Crippen LogP contribution in [0.15, 0.2) is 5.38 Å². The van der Waals surface area contributed by atoms with Gasteiger partial charge in [-0.2, -0.15) is 8.42 Å². The highest BCUT2D eigenvalue weighted by Crippen LogP contribution is 2.15. The molecule has 12 heavy (non-hydrogen) atoms. The molecule has 0 unspecified atom stereocenters. The minimum atomic E-state index is -3.39. The van der Waals surface area contributed by atoms with Gasteiger partial charge >= 0.3 is 0 Å². The third-order valence-electron chi connectivity index (χ3n) is 0.945. The Bertz CT molecular complexity index is 359. The first kappa shape index (κ1) is 9.91. The van der Waals surface area contributed by atoms with Gasteiger partial charge in [-0.1, -0.05) is 11.6 Å². The maximum atomic E-state index is 10.5. The zero-order chi connectivity index (χ0) is 9.19. The predicted molar refractivity (Wildman–Crippen MR) is 46.8 cm³/mol. The van der Waals surface area contributed by atoms with Crippen LogP contribution in [0.3, 0.4) is 0 Å². The van der Waals surface area contributed by atoms with Gasteiger partial charge in [0.15, 0.2) is 4.47 Å². The molecule has 0 saturated heterocycles. The zero-order valence-corrected chi connectivity index (χ0v) is 8.54. The zero-order valence-electron chi connectivity index (χ0n) is 6.15.